The molecule has 1 aliphatic rings. The van der Waals surface area contributed by atoms with Crippen molar-refractivity contribution in [3.05, 3.63) is 30.0 Å². The number of rotatable bonds is 4. The first-order valence-corrected chi connectivity index (χ1v) is 7.48. The largest absolute Gasteiger partial charge is 0.329 e. The molecule has 0 unspecified atom stereocenters. The van der Waals surface area contributed by atoms with Crippen LogP contribution in [-0.2, 0) is 13.6 Å². The monoisotopic (exact) mass is 272 g/mol. The average Bonchev–Trinajstić information content (AvgIpc) is 3.06. The second kappa shape index (κ2) is 5.19. The molecule has 4 heteroatoms. The number of para-hydroxylation sites is 1. The number of benzene rings is 1. The Labute approximate surface area is 120 Å². The van der Waals surface area contributed by atoms with Crippen molar-refractivity contribution in [2.75, 3.05) is 13.6 Å². The second-order valence-electron chi connectivity index (χ2n) is 6.08. The lowest BCUT2D eigenvalue weighted by atomic mass is 9.95. The quantitative estimate of drug-likeness (QED) is 0.929. The maximum absolute atomic E-state index is 6.07. The highest BCUT2D eigenvalue weighted by molar-refractivity contribution is 5.81. The zero-order valence-corrected chi connectivity index (χ0v) is 12.5. The van der Waals surface area contributed by atoms with E-state index in [1.807, 2.05) is 11.7 Å². The Morgan fingerprint density at radius 2 is 2.00 bits per heavy atom. The summed E-state index contributed by atoms with van der Waals surface area (Å²) in [6.07, 6.45) is 5.02. The molecular weight excluding hydrogens is 248 g/mol. The molecule has 20 heavy (non-hydrogen) atoms. The summed E-state index contributed by atoms with van der Waals surface area (Å²) in [4.78, 5) is 2.43. The smallest absolute Gasteiger partial charge is 0.0843 e. The van der Waals surface area contributed by atoms with E-state index >= 15 is 0 Å². The van der Waals surface area contributed by atoms with Gasteiger partial charge in [0.1, 0.15) is 0 Å². The van der Waals surface area contributed by atoms with Crippen LogP contribution in [0.5, 0.6) is 0 Å². The molecule has 0 atom stereocenters. The van der Waals surface area contributed by atoms with Gasteiger partial charge in [-0.15, -0.1) is 0 Å². The van der Waals surface area contributed by atoms with Gasteiger partial charge in [0.15, 0.2) is 0 Å². The summed E-state index contributed by atoms with van der Waals surface area (Å²) in [5, 5.41) is 5.96. The molecular formula is C16H24N4. The first-order valence-electron chi connectivity index (χ1n) is 7.48. The van der Waals surface area contributed by atoms with Gasteiger partial charge in [-0.3, -0.25) is 9.58 Å². The number of nitrogens with zero attached hydrogens (tertiary/aromatic N) is 3. The van der Waals surface area contributed by atoms with E-state index in [0.29, 0.717) is 0 Å². The summed E-state index contributed by atoms with van der Waals surface area (Å²) in [5.41, 5.74) is 8.61. The molecule has 108 valence electrons. The Hall–Kier alpha value is -1.39. The Kier molecular flexibility index (Phi) is 3.52. The van der Waals surface area contributed by atoms with Gasteiger partial charge in [-0.05, 0) is 26.0 Å². The SMILES string of the molecule is CN(Cc1nn(C)c2ccccc12)C1(CN)CCCC1. The molecule has 1 aromatic carbocycles. The first kappa shape index (κ1) is 13.6. The highest BCUT2D eigenvalue weighted by Crippen LogP contribution is 2.34. The summed E-state index contributed by atoms with van der Waals surface area (Å²) >= 11 is 0. The fraction of sp³-hybridized carbons (Fsp3) is 0.562. The predicted octanol–water partition coefficient (Wildman–Crippen LogP) is 2.28. The average molecular weight is 272 g/mol. The van der Waals surface area contributed by atoms with Gasteiger partial charge in [-0.2, -0.15) is 5.10 Å². The number of fused-ring (bicyclic) bond motifs is 1. The zero-order valence-electron chi connectivity index (χ0n) is 12.5. The Morgan fingerprint density at radius 1 is 1.30 bits per heavy atom. The Morgan fingerprint density at radius 3 is 2.70 bits per heavy atom. The van der Waals surface area contributed by atoms with Crippen LogP contribution in [-0.4, -0.2) is 33.8 Å². The van der Waals surface area contributed by atoms with Gasteiger partial charge in [-0.25, -0.2) is 0 Å². The van der Waals surface area contributed by atoms with Gasteiger partial charge in [0.2, 0.25) is 0 Å². The standard InChI is InChI=1S/C16H24N4/c1-19(16(12-17)9-5-6-10-16)11-14-13-7-3-4-8-15(13)20(2)18-14/h3-4,7-8H,5-6,9-12,17H2,1-2H3. The number of hydrogen-bond acceptors (Lipinski definition) is 3. The number of likely N-dealkylation sites (N-methyl/N-ethyl adjacent to an activating group) is 1. The van der Waals surface area contributed by atoms with Crippen LogP contribution in [0, 0.1) is 0 Å². The van der Waals surface area contributed by atoms with E-state index < -0.39 is 0 Å². The van der Waals surface area contributed by atoms with Crippen LogP contribution in [0.4, 0.5) is 0 Å². The lowest BCUT2D eigenvalue weighted by Gasteiger charge is -2.37. The van der Waals surface area contributed by atoms with E-state index in [1.165, 1.54) is 36.6 Å². The van der Waals surface area contributed by atoms with Gasteiger partial charge in [-0.1, -0.05) is 31.0 Å². The molecule has 0 spiro atoms. The van der Waals surface area contributed by atoms with Crippen LogP contribution in [0.1, 0.15) is 31.4 Å². The van der Waals surface area contributed by atoms with Gasteiger partial charge in [0, 0.05) is 31.1 Å². The molecule has 0 saturated heterocycles. The van der Waals surface area contributed by atoms with E-state index in [0.717, 1.165) is 18.8 Å². The summed E-state index contributed by atoms with van der Waals surface area (Å²) in [6, 6.07) is 8.44. The van der Waals surface area contributed by atoms with Crippen molar-refractivity contribution in [2.45, 2.75) is 37.8 Å². The number of nitrogens with two attached hydrogens (primary N) is 1. The lowest BCUT2D eigenvalue weighted by molar-refractivity contribution is 0.122. The van der Waals surface area contributed by atoms with Crippen LogP contribution < -0.4 is 5.73 Å². The van der Waals surface area contributed by atoms with Crippen LogP contribution in [0.3, 0.4) is 0 Å². The third-order valence-electron chi connectivity index (χ3n) is 4.95. The maximum Gasteiger partial charge on any atom is 0.0843 e. The van der Waals surface area contributed by atoms with E-state index in [9.17, 15) is 0 Å². The molecule has 1 heterocycles. The molecule has 1 aliphatic carbocycles. The van der Waals surface area contributed by atoms with Gasteiger partial charge in [0.05, 0.1) is 11.2 Å². The number of aromatic nitrogens is 2. The molecule has 1 aromatic heterocycles. The van der Waals surface area contributed by atoms with Crippen LogP contribution in [0.25, 0.3) is 10.9 Å². The molecule has 1 fully saturated rings. The van der Waals surface area contributed by atoms with Crippen molar-refractivity contribution in [3.63, 3.8) is 0 Å². The predicted molar refractivity (Wildman–Crippen MR) is 82.4 cm³/mol. The van der Waals surface area contributed by atoms with Crippen molar-refractivity contribution in [2.24, 2.45) is 12.8 Å². The third-order valence-corrected chi connectivity index (χ3v) is 4.95. The molecule has 1 saturated carbocycles. The topological polar surface area (TPSA) is 47.1 Å². The summed E-state index contributed by atoms with van der Waals surface area (Å²) in [5.74, 6) is 0. The van der Waals surface area contributed by atoms with Crippen LogP contribution >= 0.6 is 0 Å². The minimum absolute atomic E-state index is 0.179. The van der Waals surface area contributed by atoms with Gasteiger partial charge < -0.3 is 5.73 Å². The van der Waals surface area contributed by atoms with Crippen molar-refractivity contribution in [1.82, 2.24) is 14.7 Å². The molecule has 0 aliphatic heterocycles. The lowest BCUT2D eigenvalue weighted by Crippen LogP contribution is -2.49. The van der Waals surface area contributed by atoms with Gasteiger partial charge >= 0.3 is 0 Å². The van der Waals surface area contributed by atoms with Crippen molar-refractivity contribution < 1.29 is 0 Å². The van der Waals surface area contributed by atoms with Crippen molar-refractivity contribution >= 4 is 10.9 Å². The second-order valence-corrected chi connectivity index (χ2v) is 6.08. The number of hydrogen-bond donors (Lipinski definition) is 1. The minimum atomic E-state index is 0.179. The highest BCUT2D eigenvalue weighted by atomic mass is 15.3. The van der Waals surface area contributed by atoms with E-state index in [-0.39, 0.29) is 5.54 Å². The van der Waals surface area contributed by atoms with Gasteiger partial charge in [0.25, 0.3) is 0 Å². The van der Waals surface area contributed by atoms with E-state index in [1.54, 1.807) is 0 Å². The molecule has 0 bridgehead atoms. The normalized spacial score (nSPS) is 18.2. The fourth-order valence-corrected chi connectivity index (χ4v) is 3.57. The Bertz CT molecular complexity index is 596. The highest BCUT2D eigenvalue weighted by Gasteiger charge is 2.36. The van der Waals surface area contributed by atoms with Crippen molar-refractivity contribution in [3.8, 4) is 0 Å². The zero-order chi connectivity index (χ0) is 14.2. The fourth-order valence-electron chi connectivity index (χ4n) is 3.57. The number of aryl methyl sites for hydroxylation is 1. The molecule has 0 amide bonds. The van der Waals surface area contributed by atoms with Crippen LogP contribution in [0.15, 0.2) is 24.3 Å². The van der Waals surface area contributed by atoms with E-state index in [4.69, 9.17) is 10.8 Å². The maximum atomic E-state index is 6.07. The molecule has 3 rings (SSSR count). The minimum Gasteiger partial charge on any atom is -0.329 e. The Balaban J connectivity index is 1.89. The molecule has 4 nitrogen and oxygen atoms in total. The van der Waals surface area contributed by atoms with Crippen LogP contribution in [0.2, 0.25) is 0 Å². The van der Waals surface area contributed by atoms with E-state index in [2.05, 4.69) is 36.2 Å². The molecule has 0 radical (unpaired) electrons. The summed E-state index contributed by atoms with van der Waals surface area (Å²) in [7, 11) is 4.21. The van der Waals surface area contributed by atoms with Crippen molar-refractivity contribution in [1.29, 1.82) is 0 Å². The summed E-state index contributed by atoms with van der Waals surface area (Å²) in [6.45, 7) is 1.62. The third kappa shape index (κ3) is 2.13. The summed E-state index contributed by atoms with van der Waals surface area (Å²) < 4.78 is 1.97. The first-order chi connectivity index (χ1) is 9.66. The molecule has 2 aromatic rings. The molecule has 2 N–H and O–H groups in total.